The van der Waals surface area contributed by atoms with E-state index in [1.54, 1.807) is 0 Å². The maximum absolute atomic E-state index is 13.0. The van der Waals surface area contributed by atoms with Gasteiger partial charge in [0.1, 0.15) is 12.4 Å². The Bertz CT molecular complexity index is 785. The van der Waals surface area contributed by atoms with Crippen LogP contribution in [-0.4, -0.2) is 36.5 Å². The standard InChI is InChI=1S/C20H21ClN2O2.ClH/c21-16-6-7-19-14(9-16)8-15(12-25-19)20(24)23-10-17(18(22)11-23)13-4-2-1-3-5-13;/h1-7,9,15,17-18H,8,10-12,22H2;1H/t15?,17-,18+;/m0./s1. The Morgan fingerprint density at radius 2 is 1.92 bits per heavy atom. The van der Waals surface area contributed by atoms with Crippen molar-refractivity contribution in [1.82, 2.24) is 4.90 Å². The van der Waals surface area contributed by atoms with E-state index in [2.05, 4.69) is 12.1 Å². The van der Waals surface area contributed by atoms with Gasteiger partial charge in [-0.2, -0.15) is 0 Å². The molecule has 2 N–H and O–H groups in total. The third-order valence-electron chi connectivity index (χ3n) is 5.18. The number of nitrogens with zero attached hydrogens (tertiary/aromatic N) is 1. The molecule has 3 atom stereocenters. The number of likely N-dealkylation sites (tertiary alicyclic amines) is 1. The van der Waals surface area contributed by atoms with Gasteiger partial charge in [-0.25, -0.2) is 0 Å². The van der Waals surface area contributed by atoms with Gasteiger partial charge in [-0.3, -0.25) is 4.79 Å². The van der Waals surface area contributed by atoms with E-state index >= 15 is 0 Å². The SMILES string of the molecule is Cl.N[C@@H]1CN(C(=O)C2COc3ccc(Cl)cc3C2)C[C@H]1c1ccccc1. The molecule has 2 aliphatic rings. The van der Waals surface area contributed by atoms with Crippen LogP contribution >= 0.6 is 24.0 Å². The molecule has 138 valence electrons. The minimum Gasteiger partial charge on any atom is -0.492 e. The molecule has 0 aliphatic carbocycles. The normalized spacial score (nSPS) is 24.4. The highest BCUT2D eigenvalue weighted by Crippen LogP contribution is 2.32. The van der Waals surface area contributed by atoms with Crippen LogP contribution in [0.4, 0.5) is 0 Å². The first kappa shape index (κ1) is 19.0. The lowest BCUT2D eigenvalue weighted by Gasteiger charge is -2.28. The quantitative estimate of drug-likeness (QED) is 0.852. The van der Waals surface area contributed by atoms with E-state index in [0.717, 1.165) is 11.3 Å². The first-order chi connectivity index (χ1) is 12.1. The number of rotatable bonds is 2. The Labute approximate surface area is 164 Å². The van der Waals surface area contributed by atoms with E-state index < -0.39 is 0 Å². The van der Waals surface area contributed by atoms with Crippen molar-refractivity contribution in [2.45, 2.75) is 18.4 Å². The van der Waals surface area contributed by atoms with Crippen molar-refractivity contribution in [1.29, 1.82) is 0 Å². The Hall–Kier alpha value is -1.75. The van der Waals surface area contributed by atoms with Crippen molar-refractivity contribution < 1.29 is 9.53 Å². The summed E-state index contributed by atoms with van der Waals surface area (Å²) in [6.07, 6.45) is 0.663. The second kappa shape index (κ2) is 7.87. The van der Waals surface area contributed by atoms with Crippen molar-refractivity contribution in [3.05, 3.63) is 64.7 Å². The van der Waals surface area contributed by atoms with E-state index in [-0.39, 0.29) is 36.2 Å². The molecule has 2 aromatic rings. The monoisotopic (exact) mass is 392 g/mol. The minimum absolute atomic E-state index is 0. The minimum atomic E-state index is -0.173. The van der Waals surface area contributed by atoms with Crippen LogP contribution in [0, 0.1) is 5.92 Å². The van der Waals surface area contributed by atoms with Gasteiger partial charge in [0, 0.05) is 30.1 Å². The van der Waals surface area contributed by atoms with Gasteiger partial charge in [-0.05, 0) is 35.7 Å². The van der Waals surface area contributed by atoms with Crippen LogP contribution in [0.2, 0.25) is 5.02 Å². The molecule has 0 bridgehead atoms. The molecule has 1 unspecified atom stereocenters. The lowest BCUT2D eigenvalue weighted by Crippen LogP contribution is -2.40. The summed E-state index contributed by atoms with van der Waals surface area (Å²) < 4.78 is 5.77. The Kier molecular flexibility index (Phi) is 5.76. The average molecular weight is 393 g/mol. The molecule has 0 aromatic heterocycles. The zero-order valence-electron chi connectivity index (χ0n) is 14.3. The van der Waals surface area contributed by atoms with E-state index in [0.29, 0.717) is 31.1 Å². The summed E-state index contributed by atoms with van der Waals surface area (Å²) in [6.45, 7) is 1.68. The molecule has 0 saturated carbocycles. The fourth-order valence-electron chi connectivity index (χ4n) is 3.84. The van der Waals surface area contributed by atoms with Crippen molar-refractivity contribution in [2.75, 3.05) is 19.7 Å². The molecule has 2 aliphatic heterocycles. The third-order valence-corrected chi connectivity index (χ3v) is 5.42. The van der Waals surface area contributed by atoms with E-state index in [1.165, 1.54) is 5.56 Å². The number of amides is 1. The van der Waals surface area contributed by atoms with Gasteiger partial charge in [0.05, 0.1) is 5.92 Å². The summed E-state index contributed by atoms with van der Waals surface area (Å²) in [4.78, 5) is 14.9. The van der Waals surface area contributed by atoms with Crippen molar-refractivity contribution in [3.8, 4) is 5.75 Å². The molecule has 1 amide bonds. The zero-order chi connectivity index (χ0) is 17.4. The molecular weight excluding hydrogens is 371 g/mol. The van der Waals surface area contributed by atoms with Crippen LogP contribution in [0.25, 0.3) is 0 Å². The molecule has 2 heterocycles. The Morgan fingerprint density at radius 3 is 2.69 bits per heavy atom. The number of carbonyl (C=O) groups is 1. The predicted octanol–water partition coefficient (Wildman–Crippen LogP) is 3.27. The number of nitrogens with two attached hydrogens (primary N) is 1. The van der Waals surface area contributed by atoms with Crippen LogP contribution in [0.5, 0.6) is 5.75 Å². The second-order valence-electron chi connectivity index (χ2n) is 6.89. The van der Waals surface area contributed by atoms with Crippen molar-refractivity contribution >= 4 is 29.9 Å². The van der Waals surface area contributed by atoms with E-state index in [9.17, 15) is 4.79 Å². The molecule has 0 spiro atoms. The summed E-state index contributed by atoms with van der Waals surface area (Å²) in [7, 11) is 0. The van der Waals surface area contributed by atoms with E-state index in [1.807, 2.05) is 41.3 Å². The molecule has 2 aromatic carbocycles. The van der Waals surface area contributed by atoms with Gasteiger partial charge >= 0.3 is 0 Å². The molecule has 4 nitrogen and oxygen atoms in total. The summed E-state index contributed by atoms with van der Waals surface area (Å²) in [5.74, 6) is 0.970. The Morgan fingerprint density at radius 1 is 1.15 bits per heavy atom. The molecular formula is C20H22Cl2N2O2. The number of hydrogen-bond acceptors (Lipinski definition) is 3. The lowest BCUT2D eigenvalue weighted by molar-refractivity contribution is -0.135. The molecule has 0 radical (unpaired) electrons. The van der Waals surface area contributed by atoms with Crippen LogP contribution in [-0.2, 0) is 11.2 Å². The van der Waals surface area contributed by atoms with Crippen molar-refractivity contribution in [2.24, 2.45) is 11.7 Å². The highest BCUT2D eigenvalue weighted by Gasteiger charge is 2.37. The Balaban J connectivity index is 0.00000196. The number of hydrogen-bond donors (Lipinski definition) is 1. The predicted molar refractivity (Wildman–Crippen MR) is 105 cm³/mol. The zero-order valence-corrected chi connectivity index (χ0v) is 15.9. The molecule has 1 fully saturated rings. The van der Waals surface area contributed by atoms with Gasteiger partial charge in [0.15, 0.2) is 0 Å². The molecule has 4 rings (SSSR count). The molecule has 26 heavy (non-hydrogen) atoms. The number of carbonyl (C=O) groups excluding carboxylic acids is 1. The van der Waals surface area contributed by atoms with Gasteiger partial charge in [0.25, 0.3) is 0 Å². The summed E-state index contributed by atoms with van der Waals surface area (Å²) in [6, 6.07) is 15.7. The maximum Gasteiger partial charge on any atom is 0.229 e. The molecule has 6 heteroatoms. The summed E-state index contributed by atoms with van der Waals surface area (Å²) in [5, 5.41) is 0.669. The van der Waals surface area contributed by atoms with Gasteiger partial charge < -0.3 is 15.4 Å². The van der Waals surface area contributed by atoms with Gasteiger partial charge in [0.2, 0.25) is 5.91 Å². The number of fused-ring (bicyclic) bond motifs is 1. The smallest absolute Gasteiger partial charge is 0.229 e. The van der Waals surface area contributed by atoms with Crippen LogP contribution < -0.4 is 10.5 Å². The number of ether oxygens (including phenoxy) is 1. The van der Waals surface area contributed by atoms with Gasteiger partial charge in [-0.15, -0.1) is 12.4 Å². The number of halogens is 2. The van der Waals surface area contributed by atoms with Crippen molar-refractivity contribution in [3.63, 3.8) is 0 Å². The lowest BCUT2D eigenvalue weighted by atomic mass is 9.94. The van der Waals surface area contributed by atoms with Gasteiger partial charge in [-0.1, -0.05) is 41.9 Å². The van der Waals surface area contributed by atoms with Crippen LogP contribution in [0.15, 0.2) is 48.5 Å². The highest BCUT2D eigenvalue weighted by atomic mass is 35.5. The highest BCUT2D eigenvalue weighted by molar-refractivity contribution is 6.30. The topological polar surface area (TPSA) is 55.6 Å². The van der Waals surface area contributed by atoms with Crippen LogP contribution in [0.1, 0.15) is 17.0 Å². The fourth-order valence-corrected chi connectivity index (χ4v) is 4.04. The summed E-state index contributed by atoms with van der Waals surface area (Å²) >= 11 is 6.07. The number of benzene rings is 2. The molecule has 1 saturated heterocycles. The second-order valence-corrected chi connectivity index (χ2v) is 7.32. The first-order valence-corrected chi connectivity index (χ1v) is 9.00. The average Bonchev–Trinajstić information content (AvgIpc) is 3.03. The third kappa shape index (κ3) is 3.68. The maximum atomic E-state index is 13.0. The largest absolute Gasteiger partial charge is 0.492 e. The van der Waals surface area contributed by atoms with Crippen LogP contribution in [0.3, 0.4) is 0 Å². The first-order valence-electron chi connectivity index (χ1n) is 8.62. The fraction of sp³-hybridized carbons (Fsp3) is 0.350. The van der Waals surface area contributed by atoms with E-state index in [4.69, 9.17) is 22.1 Å². The summed E-state index contributed by atoms with van der Waals surface area (Å²) in [5.41, 5.74) is 8.52.